The Morgan fingerprint density at radius 3 is 2.81 bits per heavy atom. The van der Waals surface area contributed by atoms with E-state index in [9.17, 15) is 4.79 Å². The van der Waals surface area contributed by atoms with E-state index >= 15 is 0 Å². The van der Waals surface area contributed by atoms with E-state index in [1.54, 1.807) is 18.0 Å². The van der Waals surface area contributed by atoms with Gasteiger partial charge < -0.3 is 14.4 Å². The van der Waals surface area contributed by atoms with Gasteiger partial charge in [0.25, 0.3) is 0 Å². The predicted molar refractivity (Wildman–Crippen MR) is 57.8 cm³/mol. The van der Waals surface area contributed by atoms with E-state index in [1.165, 1.54) is 0 Å². The molecular weight excluding hydrogens is 206 g/mol. The van der Waals surface area contributed by atoms with Gasteiger partial charge in [-0.2, -0.15) is 0 Å². The van der Waals surface area contributed by atoms with Gasteiger partial charge in [0.05, 0.1) is 6.54 Å². The molecule has 0 spiro atoms. The highest BCUT2D eigenvalue weighted by molar-refractivity contribution is 5.77. The van der Waals surface area contributed by atoms with Crippen molar-refractivity contribution in [3.05, 3.63) is 29.5 Å². The summed E-state index contributed by atoms with van der Waals surface area (Å²) in [5, 5.41) is 0. The second-order valence-corrected chi connectivity index (χ2v) is 3.87. The van der Waals surface area contributed by atoms with Crippen molar-refractivity contribution in [3.63, 3.8) is 0 Å². The molecule has 0 atom stereocenters. The van der Waals surface area contributed by atoms with Crippen molar-refractivity contribution in [1.82, 2.24) is 4.90 Å². The summed E-state index contributed by atoms with van der Waals surface area (Å²) in [6.45, 7) is 2.43. The van der Waals surface area contributed by atoms with Gasteiger partial charge in [0.2, 0.25) is 12.7 Å². The first-order valence-corrected chi connectivity index (χ1v) is 5.12. The Kier molecular flexibility index (Phi) is 1.89. The second-order valence-electron chi connectivity index (χ2n) is 3.87. The van der Waals surface area contributed by atoms with Gasteiger partial charge in [-0.25, -0.2) is 0 Å². The average molecular weight is 217 g/mol. The minimum Gasteiger partial charge on any atom is -0.454 e. The van der Waals surface area contributed by atoms with Crippen molar-refractivity contribution in [2.24, 2.45) is 0 Å². The first-order chi connectivity index (χ1) is 7.74. The highest BCUT2D eigenvalue weighted by Crippen LogP contribution is 2.36. The summed E-state index contributed by atoms with van der Waals surface area (Å²) < 4.78 is 10.6. The maximum Gasteiger partial charge on any atom is 0.231 e. The molecule has 4 heteroatoms. The Bertz CT molecular complexity index is 493. The maximum absolute atomic E-state index is 11.3. The molecule has 16 heavy (non-hydrogen) atoms. The Hall–Kier alpha value is -1.97. The summed E-state index contributed by atoms with van der Waals surface area (Å²) in [4.78, 5) is 12.9. The molecule has 1 amide bonds. The molecule has 0 saturated carbocycles. The van der Waals surface area contributed by atoms with Crippen molar-refractivity contribution in [2.45, 2.75) is 13.5 Å². The molecule has 3 rings (SSSR count). The number of nitrogens with zero attached hydrogens (tertiary/aromatic N) is 1. The van der Waals surface area contributed by atoms with E-state index in [0.29, 0.717) is 6.54 Å². The smallest absolute Gasteiger partial charge is 0.231 e. The average Bonchev–Trinajstić information content (AvgIpc) is 2.71. The van der Waals surface area contributed by atoms with E-state index in [-0.39, 0.29) is 12.7 Å². The van der Waals surface area contributed by atoms with Crippen molar-refractivity contribution in [2.75, 3.05) is 6.79 Å². The van der Waals surface area contributed by atoms with Crippen LogP contribution in [0.25, 0.3) is 6.08 Å². The third kappa shape index (κ3) is 1.34. The summed E-state index contributed by atoms with van der Waals surface area (Å²) in [6.07, 6.45) is 3.72. The quantitative estimate of drug-likeness (QED) is 0.664. The minimum atomic E-state index is 0.0413. The lowest BCUT2D eigenvalue weighted by Crippen LogP contribution is -2.24. The normalized spacial score (nSPS) is 16.2. The number of ether oxygens (including phenoxy) is 2. The summed E-state index contributed by atoms with van der Waals surface area (Å²) in [5.74, 6) is 1.58. The fourth-order valence-corrected chi connectivity index (χ4v) is 1.91. The predicted octanol–water partition coefficient (Wildman–Crippen LogP) is 1.75. The van der Waals surface area contributed by atoms with Gasteiger partial charge in [0.15, 0.2) is 11.5 Å². The molecule has 1 aromatic carbocycles. The fraction of sp³-hybridized carbons (Fsp3) is 0.250. The molecule has 82 valence electrons. The highest BCUT2D eigenvalue weighted by Gasteiger charge is 2.20. The third-order valence-electron chi connectivity index (χ3n) is 2.81. The number of hydrogen-bond acceptors (Lipinski definition) is 3. The largest absolute Gasteiger partial charge is 0.454 e. The molecule has 0 radical (unpaired) electrons. The van der Waals surface area contributed by atoms with Crippen LogP contribution >= 0.6 is 0 Å². The van der Waals surface area contributed by atoms with Crippen molar-refractivity contribution in [1.29, 1.82) is 0 Å². The zero-order valence-electron chi connectivity index (χ0n) is 8.90. The first kappa shape index (κ1) is 9.27. The fourth-order valence-electron chi connectivity index (χ4n) is 1.91. The lowest BCUT2D eigenvalue weighted by atomic mass is 10.0. The van der Waals surface area contributed by atoms with Crippen LogP contribution in [0.5, 0.6) is 11.5 Å². The van der Waals surface area contributed by atoms with Gasteiger partial charge in [0.1, 0.15) is 0 Å². The number of carbonyl (C=O) groups excluding carboxylic acids is 1. The molecule has 0 aliphatic carbocycles. The summed E-state index contributed by atoms with van der Waals surface area (Å²) in [6, 6.07) is 3.89. The van der Waals surface area contributed by atoms with Gasteiger partial charge in [-0.15, -0.1) is 0 Å². The molecule has 2 aliphatic rings. The number of benzene rings is 1. The van der Waals surface area contributed by atoms with E-state index in [2.05, 4.69) is 0 Å². The maximum atomic E-state index is 11.3. The monoisotopic (exact) mass is 217 g/mol. The number of fused-ring (bicyclic) bond motifs is 2. The van der Waals surface area contributed by atoms with Crippen LogP contribution in [0.4, 0.5) is 0 Å². The van der Waals surface area contributed by atoms with Crippen LogP contribution in [-0.4, -0.2) is 17.6 Å². The molecule has 0 saturated heterocycles. The van der Waals surface area contributed by atoms with Gasteiger partial charge in [-0.05, 0) is 29.3 Å². The standard InChI is InChI=1S/C12H11NO3/c1-8(14)13-3-2-9-4-11-12(16-7-15-11)5-10(9)6-13/h2-5H,6-7H2,1H3. The highest BCUT2D eigenvalue weighted by atomic mass is 16.7. The van der Waals surface area contributed by atoms with Crippen molar-refractivity contribution >= 4 is 12.0 Å². The number of hydrogen-bond donors (Lipinski definition) is 0. The van der Waals surface area contributed by atoms with Crippen LogP contribution in [0.2, 0.25) is 0 Å². The molecule has 1 aromatic rings. The van der Waals surface area contributed by atoms with Crippen LogP contribution in [0.1, 0.15) is 18.1 Å². The summed E-state index contributed by atoms with van der Waals surface area (Å²) in [5.41, 5.74) is 2.17. The summed E-state index contributed by atoms with van der Waals surface area (Å²) in [7, 11) is 0. The van der Waals surface area contributed by atoms with Crippen molar-refractivity contribution < 1.29 is 14.3 Å². The van der Waals surface area contributed by atoms with E-state index in [4.69, 9.17) is 9.47 Å². The van der Waals surface area contributed by atoms with Crippen LogP contribution in [-0.2, 0) is 11.3 Å². The first-order valence-electron chi connectivity index (χ1n) is 5.12. The Morgan fingerprint density at radius 2 is 2.06 bits per heavy atom. The van der Waals surface area contributed by atoms with Gasteiger partial charge in [-0.1, -0.05) is 0 Å². The zero-order chi connectivity index (χ0) is 11.1. The SMILES string of the molecule is CC(=O)N1C=Cc2cc3c(cc2C1)OCO3. The molecule has 2 aliphatic heterocycles. The molecule has 0 fully saturated rings. The van der Waals surface area contributed by atoms with E-state index in [1.807, 2.05) is 18.2 Å². The Balaban J connectivity index is 2.02. The minimum absolute atomic E-state index is 0.0413. The van der Waals surface area contributed by atoms with Crippen LogP contribution < -0.4 is 9.47 Å². The number of amides is 1. The van der Waals surface area contributed by atoms with E-state index in [0.717, 1.165) is 22.6 Å². The molecule has 4 nitrogen and oxygen atoms in total. The van der Waals surface area contributed by atoms with Crippen LogP contribution in [0.3, 0.4) is 0 Å². The molecular formula is C12H11NO3. The molecule has 0 aromatic heterocycles. The van der Waals surface area contributed by atoms with Crippen LogP contribution in [0.15, 0.2) is 18.3 Å². The Labute approximate surface area is 93.1 Å². The number of carbonyl (C=O) groups is 1. The lowest BCUT2D eigenvalue weighted by molar-refractivity contribution is -0.126. The van der Waals surface area contributed by atoms with Gasteiger partial charge >= 0.3 is 0 Å². The molecule has 0 N–H and O–H groups in total. The molecule has 0 bridgehead atoms. The van der Waals surface area contributed by atoms with E-state index < -0.39 is 0 Å². The Morgan fingerprint density at radius 1 is 1.31 bits per heavy atom. The number of rotatable bonds is 0. The topological polar surface area (TPSA) is 38.8 Å². The van der Waals surface area contributed by atoms with Crippen LogP contribution in [0, 0.1) is 0 Å². The van der Waals surface area contributed by atoms with Crippen molar-refractivity contribution in [3.8, 4) is 11.5 Å². The second kappa shape index (κ2) is 3.27. The van der Waals surface area contributed by atoms with Gasteiger partial charge in [-0.3, -0.25) is 4.79 Å². The molecule has 0 unspecified atom stereocenters. The molecule has 2 heterocycles. The summed E-state index contributed by atoms with van der Waals surface area (Å²) >= 11 is 0. The van der Waals surface area contributed by atoms with Gasteiger partial charge in [0, 0.05) is 13.1 Å². The lowest BCUT2D eigenvalue weighted by Gasteiger charge is -2.22. The zero-order valence-corrected chi connectivity index (χ0v) is 8.90. The third-order valence-corrected chi connectivity index (χ3v) is 2.81.